The molecule has 1 unspecified atom stereocenters. The zero-order valence-electron chi connectivity index (χ0n) is 26.8. The van der Waals surface area contributed by atoms with Gasteiger partial charge in [0, 0.05) is 65.1 Å². The second-order valence-electron chi connectivity index (χ2n) is 12.1. The van der Waals surface area contributed by atoms with Gasteiger partial charge >= 0.3 is 18.3 Å². The number of rotatable bonds is 17. The largest absolute Gasteiger partial charge is 0.445 e. The number of hydrogen-bond donors (Lipinski definition) is 5. The molecule has 0 aliphatic rings. The van der Waals surface area contributed by atoms with Crippen LogP contribution in [0.3, 0.4) is 0 Å². The maximum Gasteiger partial charge on any atom is 0.407 e. The molecule has 0 aliphatic heterocycles. The number of carbonyl (C=O) groups excluding carboxylic acids is 5. The van der Waals surface area contributed by atoms with Crippen LogP contribution < -0.4 is 27.0 Å². The first kappa shape index (κ1) is 38.0. The third-order valence-electron chi connectivity index (χ3n) is 5.59. The summed E-state index contributed by atoms with van der Waals surface area (Å²) in [5.41, 5.74) is 5.01. The van der Waals surface area contributed by atoms with Crippen molar-refractivity contribution in [2.24, 2.45) is 5.73 Å². The molecule has 0 heterocycles. The lowest BCUT2D eigenvalue weighted by Gasteiger charge is -2.27. The lowest BCUT2D eigenvalue weighted by Crippen LogP contribution is -2.42. The van der Waals surface area contributed by atoms with Crippen molar-refractivity contribution in [3.8, 4) is 0 Å². The Hall–Kier alpha value is -4.07. The molecular weight excluding hydrogens is 572 g/mol. The van der Waals surface area contributed by atoms with Gasteiger partial charge in [0.15, 0.2) is 0 Å². The van der Waals surface area contributed by atoms with E-state index in [0.717, 1.165) is 5.56 Å². The smallest absolute Gasteiger partial charge is 0.407 e. The van der Waals surface area contributed by atoms with Gasteiger partial charge in [-0.15, -0.1) is 0 Å². The highest BCUT2D eigenvalue weighted by Crippen LogP contribution is 2.10. The minimum absolute atomic E-state index is 0.0997. The van der Waals surface area contributed by atoms with E-state index in [1.54, 1.807) is 41.5 Å². The molecule has 44 heavy (non-hydrogen) atoms. The minimum atomic E-state index is -0.920. The predicted octanol–water partition coefficient (Wildman–Crippen LogP) is 2.06. The monoisotopic (exact) mass is 622 g/mol. The fourth-order valence-corrected chi connectivity index (χ4v) is 3.82. The molecule has 1 aromatic carbocycles. The summed E-state index contributed by atoms with van der Waals surface area (Å²) in [7, 11) is 0. The number of amides is 5. The van der Waals surface area contributed by atoms with Gasteiger partial charge in [0.1, 0.15) is 17.3 Å². The van der Waals surface area contributed by atoms with Crippen molar-refractivity contribution in [3.63, 3.8) is 0 Å². The quantitative estimate of drug-likeness (QED) is 0.128. The van der Waals surface area contributed by atoms with Gasteiger partial charge in [-0.1, -0.05) is 30.3 Å². The number of benzene rings is 1. The van der Waals surface area contributed by atoms with E-state index in [0.29, 0.717) is 6.42 Å². The summed E-state index contributed by atoms with van der Waals surface area (Å²) in [6.45, 7) is 12.1. The van der Waals surface area contributed by atoms with Gasteiger partial charge in [0.05, 0.1) is 0 Å². The summed E-state index contributed by atoms with van der Waals surface area (Å²) in [5, 5.41) is 10.6. The first-order valence-corrected chi connectivity index (χ1v) is 14.7. The number of nitrogens with two attached hydrogens (primary N) is 1. The molecule has 14 nitrogen and oxygen atoms in total. The summed E-state index contributed by atoms with van der Waals surface area (Å²) in [6, 6.07) is 9.43. The van der Waals surface area contributed by atoms with Crippen LogP contribution in [0.2, 0.25) is 0 Å². The zero-order chi connectivity index (χ0) is 33.2. The molecule has 5 amide bonds. The van der Waals surface area contributed by atoms with E-state index in [9.17, 15) is 24.0 Å². The standard InChI is InChI=1S/C30H50N6O8/c1-29(2,3)43-27(40)34-16-14-32-24(37)12-18-36(21-23(42-26(31)39)20-22-10-8-7-9-11-22)19-13-25(38)33-15-17-35-28(41)44-30(4,5)6/h7-11,23H,12-21H2,1-6H3,(H2,31,39)(H,32,37)(H,33,38)(H,34,40)(H,35,41). The number of hydrogen-bond acceptors (Lipinski definition) is 9. The van der Waals surface area contributed by atoms with Gasteiger partial charge in [0.25, 0.3) is 0 Å². The fraction of sp³-hybridized carbons (Fsp3) is 0.633. The Balaban J connectivity index is 2.67. The van der Waals surface area contributed by atoms with Crippen molar-refractivity contribution in [2.45, 2.75) is 78.1 Å². The van der Waals surface area contributed by atoms with E-state index in [1.165, 1.54) is 0 Å². The van der Waals surface area contributed by atoms with Gasteiger partial charge in [-0.25, -0.2) is 14.4 Å². The van der Waals surface area contributed by atoms with E-state index >= 15 is 0 Å². The van der Waals surface area contributed by atoms with Crippen LogP contribution in [0.25, 0.3) is 0 Å². The number of alkyl carbamates (subject to hydrolysis) is 2. The Morgan fingerprint density at radius 1 is 0.727 bits per heavy atom. The van der Waals surface area contributed by atoms with E-state index in [-0.39, 0.29) is 70.5 Å². The Morgan fingerprint density at radius 2 is 1.16 bits per heavy atom. The third kappa shape index (κ3) is 20.8. The van der Waals surface area contributed by atoms with E-state index < -0.39 is 35.6 Å². The molecule has 0 aliphatic carbocycles. The van der Waals surface area contributed by atoms with Crippen molar-refractivity contribution in [1.29, 1.82) is 0 Å². The molecule has 0 saturated carbocycles. The minimum Gasteiger partial charge on any atom is -0.445 e. The first-order valence-electron chi connectivity index (χ1n) is 14.7. The Kier molecular flexibility index (Phi) is 16.6. The average Bonchev–Trinajstić information content (AvgIpc) is 2.89. The molecule has 248 valence electrons. The summed E-state index contributed by atoms with van der Waals surface area (Å²) in [5.74, 6) is -0.511. The Labute approximate surface area is 260 Å². The summed E-state index contributed by atoms with van der Waals surface area (Å²) in [4.78, 5) is 62.1. The van der Waals surface area contributed by atoms with E-state index in [1.807, 2.05) is 35.2 Å². The van der Waals surface area contributed by atoms with Crippen LogP contribution in [-0.2, 0) is 30.2 Å². The lowest BCUT2D eigenvalue weighted by atomic mass is 10.1. The third-order valence-corrected chi connectivity index (χ3v) is 5.59. The Bertz CT molecular complexity index is 1000. The first-order chi connectivity index (χ1) is 20.5. The van der Waals surface area contributed by atoms with Crippen molar-refractivity contribution < 1.29 is 38.2 Å². The molecule has 6 N–H and O–H groups in total. The van der Waals surface area contributed by atoms with Crippen LogP contribution >= 0.6 is 0 Å². The molecular formula is C30H50N6O8. The fourth-order valence-electron chi connectivity index (χ4n) is 3.82. The second-order valence-corrected chi connectivity index (χ2v) is 12.1. The zero-order valence-corrected chi connectivity index (χ0v) is 26.8. The number of nitrogens with zero attached hydrogens (tertiary/aromatic N) is 1. The number of nitrogens with one attached hydrogen (secondary N) is 4. The van der Waals surface area contributed by atoms with E-state index in [2.05, 4.69) is 21.3 Å². The van der Waals surface area contributed by atoms with Gasteiger partial charge < -0.3 is 41.2 Å². The molecule has 1 atom stereocenters. The summed E-state index contributed by atoms with van der Waals surface area (Å²) in [6.07, 6.45) is -2.09. The summed E-state index contributed by atoms with van der Waals surface area (Å²) < 4.78 is 15.7. The topological polar surface area (TPSA) is 190 Å². The Morgan fingerprint density at radius 3 is 1.57 bits per heavy atom. The van der Waals surface area contributed by atoms with Crippen molar-refractivity contribution in [3.05, 3.63) is 35.9 Å². The highest BCUT2D eigenvalue weighted by atomic mass is 16.6. The predicted molar refractivity (Wildman–Crippen MR) is 165 cm³/mol. The lowest BCUT2D eigenvalue weighted by molar-refractivity contribution is -0.121. The van der Waals surface area contributed by atoms with Gasteiger partial charge in [-0.05, 0) is 47.1 Å². The summed E-state index contributed by atoms with van der Waals surface area (Å²) >= 11 is 0. The van der Waals surface area contributed by atoms with Crippen molar-refractivity contribution in [1.82, 2.24) is 26.2 Å². The van der Waals surface area contributed by atoms with Crippen molar-refractivity contribution >= 4 is 30.1 Å². The second kappa shape index (κ2) is 19.3. The van der Waals surface area contributed by atoms with Crippen LogP contribution in [0, 0.1) is 0 Å². The maximum absolute atomic E-state index is 12.5. The van der Waals surface area contributed by atoms with Crippen LogP contribution in [0.15, 0.2) is 30.3 Å². The molecule has 1 aromatic rings. The van der Waals surface area contributed by atoms with Crippen molar-refractivity contribution in [2.75, 3.05) is 45.8 Å². The van der Waals surface area contributed by atoms with Crippen LogP contribution in [0.5, 0.6) is 0 Å². The average molecular weight is 623 g/mol. The SMILES string of the molecule is CC(C)(C)OC(=O)NCCNC(=O)CCN(CCC(=O)NCCNC(=O)OC(C)(C)C)CC(Cc1ccccc1)OC(N)=O. The molecule has 14 heteroatoms. The number of carbonyl (C=O) groups is 5. The maximum atomic E-state index is 12.5. The number of primary amides is 1. The highest BCUT2D eigenvalue weighted by molar-refractivity contribution is 5.77. The molecule has 1 rings (SSSR count). The normalized spacial score (nSPS) is 12.1. The van der Waals surface area contributed by atoms with Crippen LogP contribution in [0.4, 0.5) is 14.4 Å². The molecule has 0 radical (unpaired) electrons. The molecule has 0 fully saturated rings. The van der Waals surface area contributed by atoms with E-state index in [4.69, 9.17) is 19.9 Å². The van der Waals surface area contributed by atoms with Gasteiger partial charge in [-0.2, -0.15) is 0 Å². The molecule has 0 saturated heterocycles. The molecule has 0 spiro atoms. The molecule has 0 aromatic heterocycles. The number of ether oxygens (including phenoxy) is 3. The molecule has 0 bridgehead atoms. The van der Waals surface area contributed by atoms with Crippen LogP contribution in [0.1, 0.15) is 59.9 Å². The van der Waals surface area contributed by atoms with Crippen LogP contribution in [-0.4, -0.2) is 98.1 Å². The van der Waals surface area contributed by atoms with Gasteiger partial charge in [-0.3, -0.25) is 14.5 Å². The van der Waals surface area contributed by atoms with Gasteiger partial charge in [0.2, 0.25) is 11.8 Å². The highest BCUT2D eigenvalue weighted by Gasteiger charge is 2.21.